The van der Waals surface area contributed by atoms with Crippen LogP contribution in [0, 0.1) is 13.0 Å². The molecule has 0 aliphatic heterocycles. The molecule has 0 spiro atoms. The summed E-state index contributed by atoms with van der Waals surface area (Å²) >= 11 is 4.41. The van der Waals surface area contributed by atoms with Crippen molar-refractivity contribution in [2.75, 3.05) is 0 Å². The van der Waals surface area contributed by atoms with Crippen LogP contribution in [-0.4, -0.2) is 15.9 Å². The zero-order valence-corrected chi connectivity index (χ0v) is 23.1. The van der Waals surface area contributed by atoms with Gasteiger partial charge in [0, 0.05) is 5.56 Å². The van der Waals surface area contributed by atoms with Gasteiger partial charge in [0.1, 0.15) is 18.2 Å². The van der Waals surface area contributed by atoms with Crippen LogP contribution in [-0.2, 0) is 6.61 Å². The molecule has 0 saturated heterocycles. The maximum Gasteiger partial charge on any atom is 0.282 e. The molecule has 0 fully saturated rings. The molecular formula is C28H18FI2N3O2. The minimum Gasteiger partial charge on any atom is -0.487 e. The molecule has 178 valence electrons. The van der Waals surface area contributed by atoms with Gasteiger partial charge in [0.2, 0.25) is 0 Å². The van der Waals surface area contributed by atoms with Crippen molar-refractivity contribution in [2.24, 2.45) is 5.10 Å². The van der Waals surface area contributed by atoms with Crippen LogP contribution < -0.4 is 10.3 Å². The highest BCUT2D eigenvalue weighted by Crippen LogP contribution is 2.29. The van der Waals surface area contributed by atoms with Gasteiger partial charge in [0.25, 0.3) is 5.56 Å². The lowest BCUT2D eigenvalue weighted by Crippen LogP contribution is -2.20. The van der Waals surface area contributed by atoms with Crippen molar-refractivity contribution >= 4 is 62.3 Å². The molecule has 1 aromatic heterocycles. The molecule has 0 atom stereocenters. The average molecular weight is 701 g/mol. The number of nitrogens with zero attached hydrogens (tertiary/aromatic N) is 3. The number of hydrogen-bond donors (Lipinski definition) is 0. The van der Waals surface area contributed by atoms with Gasteiger partial charge in [-0.25, -0.2) is 9.37 Å². The molecule has 5 aromatic rings. The van der Waals surface area contributed by atoms with E-state index in [0.717, 1.165) is 23.8 Å². The van der Waals surface area contributed by atoms with Crippen LogP contribution in [0.2, 0.25) is 0 Å². The van der Waals surface area contributed by atoms with Crippen molar-refractivity contribution in [3.8, 4) is 17.1 Å². The minimum absolute atomic E-state index is 0.241. The van der Waals surface area contributed by atoms with Gasteiger partial charge in [0.15, 0.2) is 5.82 Å². The predicted molar refractivity (Wildman–Crippen MR) is 157 cm³/mol. The molecule has 0 aliphatic rings. The Morgan fingerprint density at radius 2 is 1.64 bits per heavy atom. The van der Waals surface area contributed by atoms with Crippen LogP contribution in [0.25, 0.3) is 22.3 Å². The monoisotopic (exact) mass is 701 g/mol. The second kappa shape index (κ2) is 10.9. The first-order valence-electron chi connectivity index (χ1n) is 11.0. The normalized spacial score (nSPS) is 11.3. The second-order valence-electron chi connectivity index (χ2n) is 7.91. The van der Waals surface area contributed by atoms with E-state index in [2.05, 4.69) is 50.3 Å². The first kappa shape index (κ1) is 24.6. The van der Waals surface area contributed by atoms with Crippen LogP contribution in [0.5, 0.6) is 5.75 Å². The fraction of sp³-hybridized carbons (Fsp3) is 0.0357. The van der Waals surface area contributed by atoms with Crippen LogP contribution in [0.4, 0.5) is 4.39 Å². The van der Waals surface area contributed by atoms with Crippen molar-refractivity contribution in [3.05, 3.63) is 125 Å². The van der Waals surface area contributed by atoms with Gasteiger partial charge in [-0.1, -0.05) is 54.6 Å². The SMILES string of the molecule is O=c1c2ccccc2nc(-c2ccccc2)n1N=Cc1cc(I)c(OCc2cccc(F)c2)c(I)c1. The highest BCUT2D eigenvalue weighted by atomic mass is 127. The number of rotatable bonds is 6. The van der Waals surface area contributed by atoms with Crippen LogP contribution in [0.3, 0.4) is 0 Å². The lowest BCUT2D eigenvalue weighted by molar-refractivity contribution is 0.301. The third-order valence-electron chi connectivity index (χ3n) is 5.40. The van der Waals surface area contributed by atoms with E-state index in [1.165, 1.54) is 16.8 Å². The summed E-state index contributed by atoms with van der Waals surface area (Å²) in [6.07, 6.45) is 1.64. The molecule has 0 saturated carbocycles. The quantitative estimate of drug-likeness (QED) is 0.144. The van der Waals surface area contributed by atoms with Crippen LogP contribution in [0.1, 0.15) is 11.1 Å². The van der Waals surface area contributed by atoms with Gasteiger partial charge < -0.3 is 4.74 Å². The standard InChI is InChI=1S/C28H18FI2N3O2/c29-21-10-6-7-18(13-21)17-36-26-23(30)14-19(15-24(26)31)16-32-34-27(20-8-2-1-3-9-20)33-25-12-5-4-11-22(25)28(34)35/h1-16H,17H2. The number of aromatic nitrogens is 2. The Balaban J connectivity index is 1.49. The van der Waals surface area contributed by atoms with Crippen LogP contribution >= 0.6 is 45.2 Å². The summed E-state index contributed by atoms with van der Waals surface area (Å²) in [4.78, 5) is 18.1. The largest absolute Gasteiger partial charge is 0.487 e. The molecule has 36 heavy (non-hydrogen) atoms. The van der Waals surface area contributed by atoms with Crippen molar-refractivity contribution in [2.45, 2.75) is 6.61 Å². The summed E-state index contributed by atoms with van der Waals surface area (Å²) in [5.74, 6) is 0.891. The molecule has 0 radical (unpaired) electrons. The van der Waals surface area contributed by atoms with E-state index < -0.39 is 0 Å². The maximum absolute atomic E-state index is 13.5. The predicted octanol–water partition coefficient (Wildman–Crippen LogP) is 6.87. The highest BCUT2D eigenvalue weighted by Gasteiger charge is 2.13. The number of fused-ring (bicyclic) bond motifs is 1. The first-order valence-corrected chi connectivity index (χ1v) is 13.1. The zero-order chi connectivity index (χ0) is 25.1. The van der Waals surface area contributed by atoms with Gasteiger partial charge in [-0.2, -0.15) is 9.78 Å². The Kier molecular flexibility index (Phi) is 7.42. The Bertz CT molecular complexity index is 1630. The minimum atomic E-state index is -0.291. The van der Waals surface area contributed by atoms with Gasteiger partial charge in [-0.3, -0.25) is 4.79 Å². The van der Waals surface area contributed by atoms with Gasteiger partial charge in [0.05, 0.1) is 24.3 Å². The summed E-state index contributed by atoms with van der Waals surface area (Å²) in [6.45, 7) is 0.260. The van der Waals surface area contributed by atoms with E-state index in [0.29, 0.717) is 22.5 Å². The Labute approximate surface area is 233 Å². The molecule has 0 aliphatic carbocycles. The van der Waals surface area contributed by atoms with E-state index in [9.17, 15) is 9.18 Å². The van der Waals surface area contributed by atoms with Crippen molar-refractivity contribution < 1.29 is 9.13 Å². The third kappa shape index (κ3) is 5.34. The van der Waals surface area contributed by atoms with E-state index in [-0.39, 0.29) is 18.0 Å². The Morgan fingerprint density at radius 1 is 0.917 bits per heavy atom. The molecule has 1 heterocycles. The molecule has 0 unspecified atom stereocenters. The molecule has 0 amide bonds. The van der Waals surface area contributed by atoms with E-state index in [4.69, 9.17) is 9.72 Å². The number of benzene rings is 4. The average Bonchev–Trinajstić information content (AvgIpc) is 2.88. The molecular weight excluding hydrogens is 683 g/mol. The number of ether oxygens (including phenoxy) is 1. The summed E-state index contributed by atoms with van der Waals surface area (Å²) in [5, 5.41) is 5.04. The third-order valence-corrected chi connectivity index (χ3v) is 7.00. The summed E-state index contributed by atoms with van der Waals surface area (Å²) in [5.41, 5.74) is 2.74. The van der Waals surface area contributed by atoms with Crippen molar-refractivity contribution in [1.29, 1.82) is 0 Å². The first-order chi connectivity index (χ1) is 17.5. The number of hydrogen-bond acceptors (Lipinski definition) is 4. The van der Waals surface area contributed by atoms with Gasteiger partial charge in [-0.15, -0.1) is 0 Å². The molecule has 8 heteroatoms. The van der Waals surface area contributed by atoms with E-state index in [1.807, 2.05) is 66.7 Å². The van der Waals surface area contributed by atoms with Crippen molar-refractivity contribution in [3.63, 3.8) is 0 Å². The molecule has 0 bridgehead atoms. The molecule has 5 nitrogen and oxygen atoms in total. The summed E-state index contributed by atoms with van der Waals surface area (Å²) in [7, 11) is 0. The Hall–Kier alpha value is -3.12. The van der Waals surface area contributed by atoms with Gasteiger partial charge in [-0.05, 0) is 92.7 Å². The van der Waals surface area contributed by atoms with E-state index in [1.54, 1.807) is 18.3 Å². The maximum atomic E-state index is 13.5. The van der Waals surface area contributed by atoms with Gasteiger partial charge >= 0.3 is 0 Å². The smallest absolute Gasteiger partial charge is 0.282 e. The number of halogens is 3. The fourth-order valence-electron chi connectivity index (χ4n) is 3.70. The Morgan fingerprint density at radius 3 is 2.39 bits per heavy atom. The van der Waals surface area contributed by atoms with Crippen LogP contribution in [0.15, 0.2) is 101 Å². The lowest BCUT2D eigenvalue weighted by atomic mass is 10.2. The molecule has 4 aromatic carbocycles. The lowest BCUT2D eigenvalue weighted by Gasteiger charge is -2.12. The topological polar surface area (TPSA) is 56.5 Å². The molecule has 0 N–H and O–H groups in total. The molecule has 5 rings (SSSR count). The highest BCUT2D eigenvalue weighted by molar-refractivity contribution is 14.1. The summed E-state index contributed by atoms with van der Waals surface area (Å²) < 4.78 is 22.6. The fourth-order valence-corrected chi connectivity index (χ4v) is 5.83. The zero-order valence-electron chi connectivity index (χ0n) is 18.7. The van der Waals surface area contributed by atoms with Crippen molar-refractivity contribution in [1.82, 2.24) is 9.66 Å². The van der Waals surface area contributed by atoms with E-state index >= 15 is 0 Å². The second-order valence-corrected chi connectivity index (χ2v) is 10.2. The summed E-state index contributed by atoms with van der Waals surface area (Å²) in [6, 6.07) is 27.0. The number of para-hydroxylation sites is 1.